The van der Waals surface area contributed by atoms with Crippen molar-refractivity contribution in [3.8, 4) is 0 Å². The van der Waals surface area contributed by atoms with E-state index in [4.69, 9.17) is 5.73 Å². The van der Waals surface area contributed by atoms with E-state index in [2.05, 4.69) is 12.2 Å². The second kappa shape index (κ2) is 5.26. The SMILES string of the molecule is CCC1(C(=O)N2CCCC(C(N)=O)C2)CCNC1. The van der Waals surface area contributed by atoms with Crippen LogP contribution in [0.5, 0.6) is 0 Å². The highest BCUT2D eigenvalue weighted by Crippen LogP contribution is 2.33. The summed E-state index contributed by atoms with van der Waals surface area (Å²) in [7, 11) is 0. The Morgan fingerprint density at radius 2 is 2.28 bits per heavy atom. The minimum atomic E-state index is -0.275. The quantitative estimate of drug-likeness (QED) is 0.749. The van der Waals surface area contributed by atoms with Gasteiger partial charge in [0.15, 0.2) is 0 Å². The highest BCUT2D eigenvalue weighted by atomic mass is 16.2. The van der Waals surface area contributed by atoms with E-state index in [1.165, 1.54) is 0 Å². The van der Waals surface area contributed by atoms with Crippen LogP contribution in [-0.4, -0.2) is 42.9 Å². The van der Waals surface area contributed by atoms with Gasteiger partial charge < -0.3 is 16.0 Å². The Balaban J connectivity index is 2.06. The lowest BCUT2D eigenvalue weighted by molar-refractivity contribution is -0.144. The second-order valence-electron chi connectivity index (χ2n) is 5.55. The highest BCUT2D eigenvalue weighted by molar-refractivity contribution is 5.84. The molecule has 2 heterocycles. The predicted molar refractivity (Wildman–Crippen MR) is 68.7 cm³/mol. The van der Waals surface area contributed by atoms with Crippen LogP contribution in [0.3, 0.4) is 0 Å². The zero-order valence-electron chi connectivity index (χ0n) is 11.1. The molecule has 0 bridgehead atoms. The number of carbonyl (C=O) groups is 2. The fourth-order valence-corrected chi connectivity index (χ4v) is 3.11. The van der Waals surface area contributed by atoms with Gasteiger partial charge in [-0.1, -0.05) is 6.92 Å². The van der Waals surface area contributed by atoms with Gasteiger partial charge in [0, 0.05) is 19.6 Å². The number of amides is 2. The molecule has 2 amide bonds. The minimum absolute atomic E-state index is 0.161. The zero-order valence-corrected chi connectivity index (χ0v) is 11.1. The van der Waals surface area contributed by atoms with Gasteiger partial charge in [-0.2, -0.15) is 0 Å². The van der Waals surface area contributed by atoms with Crippen molar-refractivity contribution in [2.24, 2.45) is 17.1 Å². The molecule has 0 aliphatic carbocycles. The summed E-state index contributed by atoms with van der Waals surface area (Å²) in [4.78, 5) is 25.8. The first-order valence-electron chi connectivity index (χ1n) is 6.88. The third kappa shape index (κ3) is 2.36. The van der Waals surface area contributed by atoms with Crippen LogP contribution in [-0.2, 0) is 9.59 Å². The van der Waals surface area contributed by atoms with Crippen molar-refractivity contribution in [1.82, 2.24) is 10.2 Å². The zero-order chi connectivity index (χ0) is 13.2. The van der Waals surface area contributed by atoms with E-state index in [9.17, 15) is 9.59 Å². The van der Waals surface area contributed by atoms with Crippen molar-refractivity contribution >= 4 is 11.8 Å². The third-order valence-electron chi connectivity index (χ3n) is 4.49. The van der Waals surface area contributed by atoms with Crippen LogP contribution in [0.15, 0.2) is 0 Å². The molecule has 102 valence electrons. The van der Waals surface area contributed by atoms with Gasteiger partial charge in [-0.05, 0) is 32.2 Å². The molecule has 2 unspecified atom stereocenters. The molecular weight excluding hydrogens is 230 g/mol. The summed E-state index contributed by atoms with van der Waals surface area (Å²) in [6.45, 7) is 5.02. The first-order valence-corrected chi connectivity index (χ1v) is 6.88. The number of nitrogens with two attached hydrogens (primary N) is 1. The summed E-state index contributed by atoms with van der Waals surface area (Å²) >= 11 is 0. The molecule has 0 spiro atoms. The standard InChI is InChI=1S/C13H23N3O2/c1-2-13(5-6-15-9-13)12(18)16-7-3-4-10(8-16)11(14)17/h10,15H,2-9H2,1H3,(H2,14,17). The van der Waals surface area contributed by atoms with E-state index in [1.807, 2.05) is 4.90 Å². The molecule has 0 aromatic carbocycles. The molecule has 0 aromatic heterocycles. The van der Waals surface area contributed by atoms with Crippen molar-refractivity contribution < 1.29 is 9.59 Å². The Hall–Kier alpha value is -1.10. The number of nitrogens with zero attached hydrogens (tertiary/aromatic N) is 1. The average molecular weight is 253 g/mol. The van der Waals surface area contributed by atoms with Gasteiger partial charge >= 0.3 is 0 Å². The number of primary amides is 1. The number of carbonyl (C=O) groups excluding carboxylic acids is 2. The second-order valence-corrected chi connectivity index (χ2v) is 5.55. The Morgan fingerprint density at radius 1 is 1.50 bits per heavy atom. The molecule has 0 saturated carbocycles. The van der Waals surface area contributed by atoms with Gasteiger partial charge in [-0.15, -0.1) is 0 Å². The van der Waals surface area contributed by atoms with Gasteiger partial charge in [-0.25, -0.2) is 0 Å². The fraction of sp³-hybridized carbons (Fsp3) is 0.846. The molecule has 2 fully saturated rings. The van der Waals surface area contributed by atoms with Crippen LogP contribution in [0.2, 0.25) is 0 Å². The monoisotopic (exact) mass is 253 g/mol. The topological polar surface area (TPSA) is 75.4 Å². The van der Waals surface area contributed by atoms with Crippen molar-refractivity contribution in [2.75, 3.05) is 26.2 Å². The number of likely N-dealkylation sites (tertiary alicyclic amines) is 1. The maximum absolute atomic E-state index is 12.7. The lowest BCUT2D eigenvalue weighted by Gasteiger charge is -2.37. The first kappa shape index (κ1) is 13.3. The van der Waals surface area contributed by atoms with Crippen LogP contribution in [0, 0.1) is 11.3 Å². The average Bonchev–Trinajstić information content (AvgIpc) is 2.88. The van der Waals surface area contributed by atoms with E-state index >= 15 is 0 Å². The minimum Gasteiger partial charge on any atom is -0.369 e. The summed E-state index contributed by atoms with van der Waals surface area (Å²) in [5, 5.41) is 3.28. The number of rotatable bonds is 3. The summed E-state index contributed by atoms with van der Waals surface area (Å²) in [6, 6.07) is 0. The number of nitrogens with one attached hydrogen (secondary N) is 1. The van der Waals surface area contributed by atoms with Gasteiger partial charge in [0.25, 0.3) is 0 Å². The van der Waals surface area contributed by atoms with Gasteiger partial charge in [-0.3, -0.25) is 9.59 Å². The van der Waals surface area contributed by atoms with Crippen LogP contribution in [0.1, 0.15) is 32.6 Å². The molecule has 2 aliphatic heterocycles. The largest absolute Gasteiger partial charge is 0.369 e. The summed E-state index contributed by atoms with van der Waals surface area (Å²) < 4.78 is 0. The van der Waals surface area contributed by atoms with E-state index in [1.54, 1.807) is 0 Å². The van der Waals surface area contributed by atoms with Crippen molar-refractivity contribution in [3.63, 3.8) is 0 Å². The Kier molecular flexibility index (Phi) is 3.90. The number of piperidine rings is 1. The van der Waals surface area contributed by atoms with Crippen LogP contribution in [0.4, 0.5) is 0 Å². The van der Waals surface area contributed by atoms with Crippen molar-refractivity contribution in [3.05, 3.63) is 0 Å². The maximum atomic E-state index is 12.7. The molecule has 2 rings (SSSR count). The van der Waals surface area contributed by atoms with Crippen LogP contribution < -0.4 is 11.1 Å². The van der Waals surface area contributed by atoms with E-state index in [0.29, 0.717) is 6.54 Å². The van der Waals surface area contributed by atoms with Gasteiger partial charge in [0.1, 0.15) is 0 Å². The molecule has 5 heteroatoms. The number of hydrogen-bond donors (Lipinski definition) is 2. The maximum Gasteiger partial charge on any atom is 0.230 e. The van der Waals surface area contributed by atoms with Crippen LogP contribution in [0.25, 0.3) is 0 Å². The summed E-state index contributed by atoms with van der Waals surface area (Å²) in [5.41, 5.74) is 5.11. The molecule has 3 N–H and O–H groups in total. The molecule has 2 saturated heterocycles. The molecule has 2 aliphatic rings. The summed E-state index contributed by atoms with van der Waals surface area (Å²) in [6.07, 6.45) is 3.46. The van der Waals surface area contributed by atoms with Crippen molar-refractivity contribution in [1.29, 1.82) is 0 Å². The van der Waals surface area contributed by atoms with Crippen LogP contribution >= 0.6 is 0 Å². The van der Waals surface area contributed by atoms with E-state index < -0.39 is 0 Å². The Labute approximate surface area is 108 Å². The van der Waals surface area contributed by atoms with Gasteiger partial charge in [0.2, 0.25) is 11.8 Å². The molecule has 0 aromatic rings. The van der Waals surface area contributed by atoms with Crippen molar-refractivity contribution in [2.45, 2.75) is 32.6 Å². The predicted octanol–water partition coefficient (Wildman–Crippen LogP) is 0.100. The Bertz CT molecular complexity index is 337. The summed E-state index contributed by atoms with van der Waals surface area (Å²) in [5.74, 6) is -0.227. The third-order valence-corrected chi connectivity index (χ3v) is 4.49. The van der Waals surface area contributed by atoms with Gasteiger partial charge in [0.05, 0.1) is 11.3 Å². The number of hydrogen-bond acceptors (Lipinski definition) is 3. The normalized spacial score (nSPS) is 32.5. The lowest BCUT2D eigenvalue weighted by Crippen LogP contribution is -2.50. The first-order chi connectivity index (χ1) is 8.59. The highest BCUT2D eigenvalue weighted by Gasteiger charge is 2.43. The molecule has 18 heavy (non-hydrogen) atoms. The fourth-order valence-electron chi connectivity index (χ4n) is 3.11. The lowest BCUT2D eigenvalue weighted by atomic mass is 9.81. The molecular formula is C13H23N3O2. The molecule has 0 radical (unpaired) electrons. The van der Waals surface area contributed by atoms with E-state index in [0.717, 1.165) is 45.3 Å². The molecule has 2 atom stereocenters. The molecule has 5 nitrogen and oxygen atoms in total. The smallest absolute Gasteiger partial charge is 0.230 e. The van der Waals surface area contributed by atoms with E-state index in [-0.39, 0.29) is 23.1 Å². The Morgan fingerprint density at radius 3 is 2.83 bits per heavy atom.